The fourth-order valence-corrected chi connectivity index (χ4v) is 10.7. The highest BCUT2D eigenvalue weighted by Crippen LogP contribution is 2.49. The predicted octanol–water partition coefficient (Wildman–Crippen LogP) is 9.39. The topological polar surface area (TPSA) is 59.1 Å². The highest BCUT2D eigenvalue weighted by atomic mass is 32.2. The molecular formula is C54H52N2O4S2. The molecule has 6 rings (SSSR count). The van der Waals surface area contributed by atoms with E-state index < -0.39 is 9.49 Å². The van der Waals surface area contributed by atoms with E-state index in [1.54, 1.807) is 33.3 Å². The van der Waals surface area contributed by atoms with Crippen molar-refractivity contribution in [2.24, 2.45) is 0 Å². The molecule has 0 aromatic heterocycles. The first-order chi connectivity index (χ1) is 30.5. The molecular weight excluding hydrogens is 805 g/mol. The molecule has 62 heavy (non-hydrogen) atoms. The molecule has 0 heterocycles. The Balaban J connectivity index is 1.00. The van der Waals surface area contributed by atoms with E-state index >= 15 is 0 Å². The van der Waals surface area contributed by atoms with Crippen LogP contribution in [0.2, 0.25) is 0 Å². The van der Waals surface area contributed by atoms with Crippen LogP contribution in [-0.2, 0) is 28.6 Å². The standard InChI is InChI=1S/C54H52N2O4S2/c1-3-51(57)55(37-43-61-53(45-23-11-5-12-24-45,46-25-13-6-14-26-46)47-27-15-7-16-28-47)35-39-59-41-42-60-40-36-56(52(58)4-2)38-44-62-54(48-29-17-8-18-30-48,49-31-19-9-20-32-49)50-33-21-10-22-34-50/h1-2,5-34H,35-44H2. The van der Waals surface area contributed by atoms with E-state index in [-0.39, 0.29) is 11.8 Å². The van der Waals surface area contributed by atoms with Gasteiger partial charge in [0, 0.05) is 37.7 Å². The molecule has 0 fully saturated rings. The molecule has 0 spiro atoms. The maximum Gasteiger partial charge on any atom is 0.298 e. The minimum atomic E-state index is -0.501. The number of hydrogen-bond acceptors (Lipinski definition) is 6. The number of ether oxygens (including phenoxy) is 2. The lowest BCUT2D eigenvalue weighted by atomic mass is 9.84. The molecule has 0 saturated heterocycles. The molecule has 6 aromatic rings. The van der Waals surface area contributed by atoms with Crippen LogP contribution < -0.4 is 0 Å². The smallest absolute Gasteiger partial charge is 0.298 e. The fourth-order valence-electron chi connectivity index (χ4n) is 7.64. The summed E-state index contributed by atoms with van der Waals surface area (Å²) in [6.07, 6.45) is 11.3. The lowest BCUT2D eigenvalue weighted by Gasteiger charge is -2.36. The van der Waals surface area contributed by atoms with Crippen LogP contribution in [0.5, 0.6) is 0 Å². The fraction of sp³-hybridized carbons (Fsp3) is 0.222. The summed E-state index contributed by atoms with van der Waals surface area (Å²) in [5.74, 6) is 5.11. The molecule has 0 bridgehead atoms. The number of carbonyl (C=O) groups is 2. The second kappa shape index (κ2) is 23.9. The Morgan fingerprint density at radius 3 is 0.871 bits per heavy atom. The Morgan fingerprint density at radius 2 is 0.645 bits per heavy atom. The molecule has 6 aromatic carbocycles. The molecule has 0 aliphatic rings. The van der Waals surface area contributed by atoms with E-state index in [2.05, 4.69) is 157 Å². The normalized spacial score (nSPS) is 11.3. The number of rotatable bonds is 23. The Labute approximate surface area is 376 Å². The second-order valence-corrected chi connectivity index (χ2v) is 17.0. The van der Waals surface area contributed by atoms with E-state index in [1.165, 1.54) is 0 Å². The van der Waals surface area contributed by atoms with Crippen LogP contribution >= 0.6 is 23.5 Å². The molecule has 2 amide bonds. The first-order valence-electron chi connectivity index (χ1n) is 20.8. The summed E-state index contributed by atoms with van der Waals surface area (Å²) < 4.78 is 10.8. The molecule has 6 nitrogen and oxygen atoms in total. The van der Waals surface area contributed by atoms with E-state index in [0.717, 1.165) is 33.4 Å². The van der Waals surface area contributed by atoms with Gasteiger partial charge in [0.1, 0.15) is 0 Å². The summed E-state index contributed by atoms with van der Waals surface area (Å²) in [5.41, 5.74) is 6.93. The van der Waals surface area contributed by atoms with Gasteiger partial charge in [-0.25, -0.2) is 0 Å². The Kier molecular flexibility index (Phi) is 17.5. The number of nitrogens with zero attached hydrogens (tertiary/aromatic N) is 2. The van der Waals surface area contributed by atoms with E-state index in [0.29, 0.717) is 64.1 Å². The quantitative estimate of drug-likeness (QED) is 0.0364. The third-order valence-electron chi connectivity index (χ3n) is 10.6. The minimum Gasteiger partial charge on any atom is -0.377 e. The SMILES string of the molecule is C#CC(=O)N(CCOCCOCCN(CCSC(c1ccccc1)(c1ccccc1)c1ccccc1)C(=O)C#C)CCSC(c1ccccc1)(c1ccccc1)c1ccccc1. The zero-order valence-electron chi connectivity index (χ0n) is 34.9. The second-order valence-electron chi connectivity index (χ2n) is 14.4. The third kappa shape index (κ3) is 11.5. The van der Waals surface area contributed by atoms with Gasteiger partial charge >= 0.3 is 0 Å². The highest BCUT2D eigenvalue weighted by Gasteiger charge is 2.38. The van der Waals surface area contributed by atoms with Crippen molar-refractivity contribution < 1.29 is 19.1 Å². The van der Waals surface area contributed by atoms with Gasteiger partial charge in [0.2, 0.25) is 0 Å². The molecule has 0 saturated carbocycles. The monoisotopic (exact) mass is 856 g/mol. The molecule has 0 unspecified atom stereocenters. The summed E-state index contributed by atoms with van der Waals surface area (Å²) >= 11 is 3.56. The van der Waals surface area contributed by atoms with Gasteiger partial charge in [0.15, 0.2) is 0 Å². The van der Waals surface area contributed by atoms with Gasteiger partial charge < -0.3 is 19.3 Å². The molecule has 0 atom stereocenters. The van der Waals surface area contributed by atoms with Gasteiger partial charge in [-0.05, 0) is 45.2 Å². The molecule has 0 aliphatic heterocycles. The summed E-state index contributed by atoms with van der Waals surface area (Å²) in [6.45, 7) is 2.82. The molecule has 8 heteroatoms. The van der Waals surface area contributed by atoms with Gasteiger partial charge in [0.25, 0.3) is 11.8 Å². The Hall–Kier alpha value is -6.00. The van der Waals surface area contributed by atoms with Crippen LogP contribution in [0.3, 0.4) is 0 Å². The van der Waals surface area contributed by atoms with Crippen LogP contribution in [-0.4, -0.2) is 85.7 Å². The van der Waals surface area contributed by atoms with Crippen molar-refractivity contribution in [1.82, 2.24) is 9.80 Å². The number of carbonyl (C=O) groups excluding carboxylic acids is 2. The van der Waals surface area contributed by atoms with Crippen LogP contribution in [0.25, 0.3) is 0 Å². The molecule has 314 valence electrons. The van der Waals surface area contributed by atoms with E-state index in [1.807, 2.05) is 36.4 Å². The molecule has 0 N–H and O–H groups in total. The Bertz CT molecular complexity index is 1970. The zero-order chi connectivity index (χ0) is 43.3. The van der Waals surface area contributed by atoms with Crippen LogP contribution in [0, 0.1) is 24.7 Å². The van der Waals surface area contributed by atoms with Crippen molar-refractivity contribution in [3.8, 4) is 24.7 Å². The maximum absolute atomic E-state index is 12.9. The molecule has 0 aliphatic carbocycles. The highest BCUT2D eigenvalue weighted by molar-refractivity contribution is 8.00. The summed E-state index contributed by atoms with van der Waals surface area (Å²) in [4.78, 5) is 29.2. The van der Waals surface area contributed by atoms with Gasteiger partial charge in [-0.3, -0.25) is 9.59 Å². The van der Waals surface area contributed by atoms with Crippen molar-refractivity contribution in [1.29, 1.82) is 0 Å². The first kappa shape index (κ1) is 45.5. The van der Waals surface area contributed by atoms with Gasteiger partial charge in [-0.15, -0.1) is 36.4 Å². The van der Waals surface area contributed by atoms with Crippen molar-refractivity contribution in [3.63, 3.8) is 0 Å². The van der Waals surface area contributed by atoms with Crippen LogP contribution in [0.15, 0.2) is 182 Å². The average Bonchev–Trinajstić information content (AvgIpc) is 3.35. The van der Waals surface area contributed by atoms with Crippen LogP contribution in [0.1, 0.15) is 33.4 Å². The zero-order valence-corrected chi connectivity index (χ0v) is 36.5. The van der Waals surface area contributed by atoms with Crippen molar-refractivity contribution in [2.75, 3.05) is 64.1 Å². The van der Waals surface area contributed by atoms with Crippen molar-refractivity contribution >= 4 is 35.3 Å². The number of hydrogen-bond donors (Lipinski definition) is 0. The van der Waals surface area contributed by atoms with E-state index in [4.69, 9.17) is 22.3 Å². The van der Waals surface area contributed by atoms with Crippen molar-refractivity contribution in [3.05, 3.63) is 215 Å². The predicted molar refractivity (Wildman–Crippen MR) is 256 cm³/mol. The lowest BCUT2D eigenvalue weighted by Crippen LogP contribution is -2.36. The van der Waals surface area contributed by atoms with Gasteiger partial charge in [0.05, 0.1) is 35.9 Å². The number of amides is 2. The number of benzene rings is 6. The minimum absolute atomic E-state index is 0.299. The van der Waals surface area contributed by atoms with Gasteiger partial charge in [-0.1, -0.05) is 182 Å². The average molecular weight is 857 g/mol. The van der Waals surface area contributed by atoms with Gasteiger partial charge in [-0.2, -0.15) is 0 Å². The number of thioether (sulfide) groups is 2. The maximum atomic E-state index is 12.9. The van der Waals surface area contributed by atoms with Crippen LogP contribution in [0.4, 0.5) is 0 Å². The Morgan fingerprint density at radius 1 is 0.403 bits per heavy atom. The largest absolute Gasteiger partial charge is 0.377 e. The van der Waals surface area contributed by atoms with E-state index in [9.17, 15) is 9.59 Å². The summed E-state index contributed by atoms with van der Waals surface area (Å²) in [6, 6.07) is 62.8. The lowest BCUT2D eigenvalue weighted by molar-refractivity contribution is -0.126. The first-order valence-corrected chi connectivity index (χ1v) is 22.8. The van der Waals surface area contributed by atoms with Crippen molar-refractivity contribution in [2.45, 2.75) is 9.49 Å². The summed E-state index contributed by atoms with van der Waals surface area (Å²) in [7, 11) is 0. The number of terminal acetylenes is 2. The summed E-state index contributed by atoms with van der Waals surface area (Å²) in [5, 5.41) is 0. The third-order valence-corrected chi connectivity index (χ3v) is 13.7. The molecule has 0 radical (unpaired) electrons.